The second-order valence-electron chi connectivity index (χ2n) is 11.8. The van der Waals surface area contributed by atoms with Gasteiger partial charge < -0.3 is 15.2 Å². The summed E-state index contributed by atoms with van der Waals surface area (Å²) in [5.74, 6) is -0.594. The van der Waals surface area contributed by atoms with E-state index in [0.717, 1.165) is 46.0 Å². The van der Waals surface area contributed by atoms with Crippen LogP contribution in [-0.2, 0) is 16.6 Å². The highest BCUT2D eigenvalue weighted by Gasteiger charge is 2.24. The summed E-state index contributed by atoms with van der Waals surface area (Å²) in [4.78, 5) is 35.5. The molecule has 0 aliphatic carbocycles. The van der Waals surface area contributed by atoms with E-state index in [-0.39, 0.29) is 17.7 Å². The minimum absolute atomic E-state index is 0.0738. The van der Waals surface area contributed by atoms with E-state index in [0.29, 0.717) is 10.6 Å². The molecule has 0 saturated heterocycles. The molecule has 1 amide bonds. The summed E-state index contributed by atoms with van der Waals surface area (Å²) < 4.78 is 5.86. The molecule has 0 bridgehead atoms. The number of unbranched alkanes of at least 4 members (excludes halogenated alkanes) is 4. The zero-order valence-electron chi connectivity index (χ0n) is 25.4. The molecule has 0 fully saturated rings. The molecule has 2 aromatic carbocycles. The van der Waals surface area contributed by atoms with Crippen molar-refractivity contribution < 1.29 is 19.4 Å². The molecule has 0 aliphatic heterocycles. The summed E-state index contributed by atoms with van der Waals surface area (Å²) in [6.45, 7) is 9.19. The summed E-state index contributed by atoms with van der Waals surface area (Å²) in [6, 6.07) is 18.0. The number of carboxylic acid groups (broad SMARTS) is 1. The molecule has 2 heterocycles. The molecule has 0 radical (unpaired) electrons. The lowest BCUT2D eigenvalue weighted by Crippen LogP contribution is -2.42. The number of nitrogens with zero attached hydrogens (tertiary/aromatic N) is 2. The Balaban J connectivity index is 1.32. The van der Waals surface area contributed by atoms with E-state index in [1.165, 1.54) is 37.0 Å². The Morgan fingerprint density at radius 1 is 0.860 bits per heavy atom. The van der Waals surface area contributed by atoms with E-state index < -0.39 is 12.0 Å². The van der Waals surface area contributed by atoms with Gasteiger partial charge in [-0.2, -0.15) is 0 Å². The summed E-state index contributed by atoms with van der Waals surface area (Å²) in [5, 5.41) is 12.4. The highest BCUT2D eigenvalue weighted by atomic mass is 32.1. The van der Waals surface area contributed by atoms with E-state index in [4.69, 9.17) is 4.74 Å². The van der Waals surface area contributed by atoms with Crippen LogP contribution in [0.15, 0.2) is 73.1 Å². The minimum Gasteiger partial charge on any atom is -0.494 e. The van der Waals surface area contributed by atoms with E-state index in [9.17, 15) is 14.7 Å². The number of hydrogen-bond donors (Lipinski definition) is 2. The van der Waals surface area contributed by atoms with Crippen molar-refractivity contribution in [2.75, 3.05) is 6.61 Å². The Labute approximate surface area is 258 Å². The fourth-order valence-electron chi connectivity index (χ4n) is 4.58. The number of hydrogen-bond acceptors (Lipinski definition) is 6. The van der Waals surface area contributed by atoms with Crippen molar-refractivity contribution in [1.82, 2.24) is 15.3 Å². The second-order valence-corrected chi connectivity index (χ2v) is 12.8. The standard InChI is InChI=1S/C35H41N3O4S/c1-5-6-7-8-9-20-42-27-16-14-26(15-17-27)30-23-36-29(22-37-30)25-12-10-24(11-13-25)21-28(34(40)41)38-33(39)31-18-19-32(43-31)35(2,3)4/h10-19,22-23,28H,5-9,20-21H2,1-4H3,(H,38,39)(H,40,41)/t28-/m0/s1. The van der Waals surface area contributed by atoms with Gasteiger partial charge in [0.1, 0.15) is 11.8 Å². The van der Waals surface area contributed by atoms with Crippen LogP contribution in [0.2, 0.25) is 0 Å². The molecule has 1 atom stereocenters. The highest BCUT2D eigenvalue weighted by Crippen LogP contribution is 2.29. The number of ether oxygens (including phenoxy) is 1. The van der Waals surface area contributed by atoms with Crippen LogP contribution in [0.1, 0.15) is 79.9 Å². The lowest BCUT2D eigenvalue weighted by Gasteiger charge is -2.16. The predicted molar refractivity (Wildman–Crippen MR) is 173 cm³/mol. The third-order valence-corrected chi connectivity index (χ3v) is 8.69. The largest absolute Gasteiger partial charge is 0.494 e. The molecule has 0 spiro atoms. The average Bonchev–Trinajstić information content (AvgIpc) is 3.51. The molecule has 0 saturated carbocycles. The fourth-order valence-corrected chi connectivity index (χ4v) is 5.55. The normalized spacial score (nSPS) is 12.1. The number of amides is 1. The van der Waals surface area contributed by atoms with Crippen molar-refractivity contribution in [1.29, 1.82) is 0 Å². The zero-order chi connectivity index (χ0) is 30.8. The van der Waals surface area contributed by atoms with Crippen molar-refractivity contribution in [2.45, 2.75) is 77.7 Å². The molecule has 2 N–H and O–H groups in total. The van der Waals surface area contributed by atoms with Crippen molar-refractivity contribution in [3.63, 3.8) is 0 Å². The quantitative estimate of drug-likeness (QED) is 0.143. The maximum absolute atomic E-state index is 12.8. The summed E-state index contributed by atoms with van der Waals surface area (Å²) in [7, 11) is 0. The molecule has 7 nitrogen and oxygen atoms in total. The first-order chi connectivity index (χ1) is 20.6. The smallest absolute Gasteiger partial charge is 0.326 e. The molecule has 43 heavy (non-hydrogen) atoms. The summed E-state index contributed by atoms with van der Waals surface area (Å²) in [5.41, 5.74) is 4.04. The summed E-state index contributed by atoms with van der Waals surface area (Å²) >= 11 is 1.39. The van der Waals surface area contributed by atoms with Gasteiger partial charge in [-0.05, 0) is 53.8 Å². The topological polar surface area (TPSA) is 101 Å². The molecule has 0 aliphatic rings. The third-order valence-electron chi connectivity index (χ3n) is 7.18. The monoisotopic (exact) mass is 599 g/mol. The maximum atomic E-state index is 12.8. The SMILES string of the molecule is CCCCCCCOc1ccc(-c2cnc(-c3ccc(C[C@H](NC(=O)c4ccc(C(C)(C)C)s4)C(=O)O)cc3)cn2)cc1. The van der Waals surface area contributed by atoms with Gasteiger partial charge in [0.25, 0.3) is 5.91 Å². The van der Waals surface area contributed by atoms with Gasteiger partial charge in [-0.3, -0.25) is 14.8 Å². The minimum atomic E-state index is -1.08. The van der Waals surface area contributed by atoms with Gasteiger partial charge in [0.2, 0.25) is 0 Å². The average molecular weight is 600 g/mol. The van der Waals surface area contributed by atoms with Gasteiger partial charge in [0.05, 0.1) is 35.3 Å². The van der Waals surface area contributed by atoms with Gasteiger partial charge >= 0.3 is 5.97 Å². The van der Waals surface area contributed by atoms with Crippen LogP contribution < -0.4 is 10.1 Å². The van der Waals surface area contributed by atoms with Crippen LogP contribution in [0.5, 0.6) is 5.75 Å². The Morgan fingerprint density at radius 3 is 2.00 bits per heavy atom. The van der Waals surface area contributed by atoms with Crippen LogP contribution in [0.25, 0.3) is 22.5 Å². The van der Waals surface area contributed by atoms with Crippen molar-refractivity contribution in [2.24, 2.45) is 0 Å². The summed E-state index contributed by atoms with van der Waals surface area (Å²) in [6.07, 6.45) is 9.71. The van der Waals surface area contributed by atoms with E-state index in [2.05, 4.69) is 43.0 Å². The number of benzene rings is 2. The van der Waals surface area contributed by atoms with Crippen LogP contribution >= 0.6 is 11.3 Å². The Bertz CT molecular complexity index is 1470. The second kappa shape index (κ2) is 14.9. The van der Waals surface area contributed by atoms with E-state index >= 15 is 0 Å². The Morgan fingerprint density at radius 2 is 1.47 bits per heavy atom. The lowest BCUT2D eigenvalue weighted by molar-refractivity contribution is -0.139. The Kier molecular flexibility index (Phi) is 11.1. The van der Waals surface area contributed by atoms with Crippen LogP contribution in [0.4, 0.5) is 0 Å². The molecule has 4 aromatic rings. The molecule has 4 rings (SSSR count). The molecule has 226 valence electrons. The Hall–Kier alpha value is -4.04. The van der Waals surface area contributed by atoms with Crippen molar-refractivity contribution in [3.8, 4) is 28.3 Å². The maximum Gasteiger partial charge on any atom is 0.326 e. The number of thiophene rings is 1. The van der Waals surface area contributed by atoms with Gasteiger partial charge in [-0.15, -0.1) is 11.3 Å². The number of carbonyl (C=O) groups excluding carboxylic acids is 1. The third kappa shape index (κ3) is 9.22. The molecular weight excluding hydrogens is 558 g/mol. The van der Waals surface area contributed by atoms with E-state index in [1.54, 1.807) is 18.5 Å². The predicted octanol–water partition coefficient (Wildman–Crippen LogP) is 7.94. The number of carbonyl (C=O) groups is 2. The first kappa shape index (κ1) is 31.9. The zero-order valence-corrected chi connectivity index (χ0v) is 26.2. The van der Waals surface area contributed by atoms with Crippen LogP contribution in [0.3, 0.4) is 0 Å². The highest BCUT2D eigenvalue weighted by molar-refractivity contribution is 7.14. The number of nitrogens with one attached hydrogen (secondary N) is 1. The number of carboxylic acids is 1. The van der Waals surface area contributed by atoms with E-state index in [1.807, 2.05) is 54.6 Å². The van der Waals surface area contributed by atoms with Gasteiger partial charge in [-0.25, -0.2) is 4.79 Å². The number of aromatic nitrogens is 2. The van der Waals surface area contributed by atoms with Crippen LogP contribution in [-0.4, -0.2) is 39.6 Å². The van der Waals surface area contributed by atoms with Crippen LogP contribution in [0, 0.1) is 0 Å². The first-order valence-corrected chi connectivity index (χ1v) is 15.7. The molecular formula is C35H41N3O4S. The van der Waals surface area contributed by atoms with Crippen molar-refractivity contribution >= 4 is 23.2 Å². The molecule has 2 aromatic heterocycles. The van der Waals surface area contributed by atoms with Gasteiger partial charge in [-0.1, -0.05) is 77.6 Å². The fraction of sp³-hybridized carbons (Fsp3) is 0.371. The van der Waals surface area contributed by atoms with Crippen molar-refractivity contribution in [3.05, 3.63) is 88.4 Å². The molecule has 0 unspecified atom stereocenters. The number of aliphatic carboxylic acids is 1. The van der Waals surface area contributed by atoms with Gasteiger partial charge in [0, 0.05) is 22.4 Å². The first-order valence-electron chi connectivity index (χ1n) is 14.9. The lowest BCUT2D eigenvalue weighted by atomic mass is 9.95. The molecule has 8 heteroatoms. The van der Waals surface area contributed by atoms with Gasteiger partial charge in [0.15, 0.2) is 0 Å². The number of rotatable bonds is 14.